The van der Waals surface area contributed by atoms with Gasteiger partial charge in [0.15, 0.2) is 0 Å². The third-order valence-corrected chi connectivity index (χ3v) is 3.31. The van der Waals surface area contributed by atoms with Gasteiger partial charge in [-0.2, -0.15) is 0 Å². The molecule has 1 N–H and O–H groups in total. The van der Waals surface area contributed by atoms with Gasteiger partial charge in [-0.1, -0.05) is 38.1 Å². The average molecular weight is 255 g/mol. The number of hydrogen-bond acceptors (Lipinski definition) is 3. The summed E-state index contributed by atoms with van der Waals surface area (Å²) < 4.78 is 0. The minimum absolute atomic E-state index is 0.309. The van der Waals surface area contributed by atoms with Crippen molar-refractivity contribution in [1.82, 2.24) is 15.3 Å². The van der Waals surface area contributed by atoms with Crippen LogP contribution in [0.2, 0.25) is 0 Å². The van der Waals surface area contributed by atoms with Gasteiger partial charge in [0.05, 0.1) is 5.69 Å². The van der Waals surface area contributed by atoms with Crippen LogP contribution in [-0.4, -0.2) is 9.97 Å². The van der Waals surface area contributed by atoms with Crippen molar-refractivity contribution in [2.75, 3.05) is 0 Å². The topological polar surface area (TPSA) is 37.8 Å². The molecular weight excluding hydrogens is 234 g/mol. The van der Waals surface area contributed by atoms with E-state index >= 15 is 0 Å². The summed E-state index contributed by atoms with van der Waals surface area (Å²) in [6.07, 6.45) is 5.21. The van der Waals surface area contributed by atoms with E-state index in [0.717, 1.165) is 12.2 Å². The summed E-state index contributed by atoms with van der Waals surface area (Å²) >= 11 is 0. The van der Waals surface area contributed by atoms with Gasteiger partial charge in [0.25, 0.3) is 0 Å². The molecule has 0 spiro atoms. The standard InChI is InChI=1S/C16H21N3/c1-12(2)14-4-6-15(7-5-14)13(3)19-11-16-10-17-8-9-18-16/h4-10,12-13,19H,11H2,1-3H3. The van der Waals surface area contributed by atoms with Crippen molar-refractivity contribution >= 4 is 0 Å². The average Bonchev–Trinajstić information content (AvgIpc) is 2.46. The molecule has 1 heterocycles. The Balaban J connectivity index is 1.94. The Morgan fingerprint density at radius 1 is 1.00 bits per heavy atom. The SMILES string of the molecule is CC(C)c1ccc(C(C)NCc2cnccn2)cc1. The lowest BCUT2D eigenvalue weighted by Gasteiger charge is -2.15. The summed E-state index contributed by atoms with van der Waals surface area (Å²) in [5, 5.41) is 3.46. The summed E-state index contributed by atoms with van der Waals surface area (Å²) in [5.74, 6) is 0.580. The third kappa shape index (κ3) is 3.86. The highest BCUT2D eigenvalue weighted by atomic mass is 14.9. The third-order valence-electron chi connectivity index (χ3n) is 3.31. The number of benzene rings is 1. The number of nitrogens with one attached hydrogen (secondary N) is 1. The summed E-state index contributed by atoms with van der Waals surface area (Å²) in [6.45, 7) is 7.33. The quantitative estimate of drug-likeness (QED) is 0.889. The van der Waals surface area contributed by atoms with Crippen molar-refractivity contribution in [2.24, 2.45) is 0 Å². The van der Waals surface area contributed by atoms with Crippen LogP contribution in [0, 0.1) is 0 Å². The van der Waals surface area contributed by atoms with Crippen LogP contribution in [0.15, 0.2) is 42.9 Å². The predicted molar refractivity (Wildman–Crippen MR) is 77.8 cm³/mol. The van der Waals surface area contributed by atoms with Crippen molar-refractivity contribution in [3.8, 4) is 0 Å². The highest BCUT2D eigenvalue weighted by Gasteiger charge is 2.06. The van der Waals surface area contributed by atoms with Gasteiger partial charge in [0.2, 0.25) is 0 Å². The molecule has 1 aromatic heterocycles. The smallest absolute Gasteiger partial charge is 0.0724 e. The Morgan fingerprint density at radius 2 is 1.68 bits per heavy atom. The molecule has 0 fully saturated rings. The zero-order valence-electron chi connectivity index (χ0n) is 11.8. The number of aromatic nitrogens is 2. The van der Waals surface area contributed by atoms with E-state index in [2.05, 4.69) is 60.3 Å². The molecule has 0 aliphatic heterocycles. The van der Waals surface area contributed by atoms with E-state index in [4.69, 9.17) is 0 Å². The second-order valence-electron chi connectivity index (χ2n) is 5.12. The maximum absolute atomic E-state index is 4.26. The first-order valence-corrected chi connectivity index (χ1v) is 6.75. The molecule has 100 valence electrons. The van der Waals surface area contributed by atoms with Crippen molar-refractivity contribution in [1.29, 1.82) is 0 Å². The summed E-state index contributed by atoms with van der Waals surface area (Å²) in [6, 6.07) is 9.12. The van der Waals surface area contributed by atoms with Gasteiger partial charge in [-0.25, -0.2) is 0 Å². The van der Waals surface area contributed by atoms with Crippen LogP contribution in [0.25, 0.3) is 0 Å². The number of rotatable bonds is 5. The van der Waals surface area contributed by atoms with Crippen LogP contribution in [0.1, 0.15) is 49.6 Å². The van der Waals surface area contributed by atoms with E-state index in [9.17, 15) is 0 Å². The maximum Gasteiger partial charge on any atom is 0.0724 e. The molecule has 0 radical (unpaired) electrons. The molecule has 1 atom stereocenters. The molecule has 0 aliphatic carbocycles. The van der Waals surface area contributed by atoms with Crippen LogP contribution in [0.5, 0.6) is 0 Å². The molecule has 2 aromatic rings. The van der Waals surface area contributed by atoms with Crippen LogP contribution in [0.3, 0.4) is 0 Å². The van der Waals surface area contributed by atoms with E-state index < -0.39 is 0 Å². The van der Waals surface area contributed by atoms with Gasteiger partial charge < -0.3 is 5.32 Å². The van der Waals surface area contributed by atoms with Gasteiger partial charge in [-0.05, 0) is 24.0 Å². The molecule has 1 aromatic carbocycles. The molecular formula is C16H21N3. The predicted octanol–water partition coefficient (Wildman–Crippen LogP) is 3.45. The lowest BCUT2D eigenvalue weighted by atomic mass is 9.99. The summed E-state index contributed by atoms with van der Waals surface area (Å²) in [7, 11) is 0. The van der Waals surface area contributed by atoms with Crippen molar-refractivity contribution in [2.45, 2.75) is 39.3 Å². The minimum atomic E-state index is 0.309. The van der Waals surface area contributed by atoms with Gasteiger partial charge in [0, 0.05) is 31.2 Å². The van der Waals surface area contributed by atoms with E-state index in [-0.39, 0.29) is 0 Å². The van der Waals surface area contributed by atoms with Gasteiger partial charge in [0.1, 0.15) is 0 Å². The molecule has 0 bridgehead atoms. The van der Waals surface area contributed by atoms with Gasteiger partial charge in [-0.3, -0.25) is 9.97 Å². The van der Waals surface area contributed by atoms with Crippen LogP contribution < -0.4 is 5.32 Å². The zero-order chi connectivity index (χ0) is 13.7. The fourth-order valence-corrected chi connectivity index (χ4v) is 1.97. The number of nitrogens with zero attached hydrogens (tertiary/aromatic N) is 2. The Bertz CT molecular complexity index is 491. The molecule has 3 heteroatoms. The molecule has 0 amide bonds. The normalized spacial score (nSPS) is 12.6. The summed E-state index contributed by atoms with van der Waals surface area (Å²) in [4.78, 5) is 8.32. The van der Waals surface area contributed by atoms with E-state index in [1.807, 2.05) is 0 Å². The molecule has 2 rings (SSSR count). The Labute approximate surface area is 115 Å². The first-order valence-electron chi connectivity index (χ1n) is 6.75. The molecule has 0 saturated carbocycles. The molecule has 3 nitrogen and oxygen atoms in total. The second kappa shape index (κ2) is 6.43. The Morgan fingerprint density at radius 3 is 2.26 bits per heavy atom. The van der Waals surface area contributed by atoms with E-state index in [1.165, 1.54) is 11.1 Å². The van der Waals surface area contributed by atoms with E-state index in [0.29, 0.717) is 12.0 Å². The van der Waals surface area contributed by atoms with Crippen LogP contribution in [0.4, 0.5) is 0 Å². The van der Waals surface area contributed by atoms with Crippen molar-refractivity contribution < 1.29 is 0 Å². The minimum Gasteiger partial charge on any atom is -0.305 e. The second-order valence-corrected chi connectivity index (χ2v) is 5.12. The Kier molecular flexibility index (Phi) is 4.63. The first-order chi connectivity index (χ1) is 9.16. The van der Waals surface area contributed by atoms with E-state index in [1.54, 1.807) is 18.6 Å². The maximum atomic E-state index is 4.26. The van der Waals surface area contributed by atoms with Crippen LogP contribution in [-0.2, 0) is 6.54 Å². The monoisotopic (exact) mass is 255 g/mol. The lowest BCUT2D eigenvalue weighted by molar-refractivity contribution is 0.566. The van der Waals surface area contributed by atoms with Gasteiger partial charge >= 0.3 is 0 Å². The molecule has 0 aliphatic rings. The molecule has 1 unspecified atom stereocenters. The van der Waals surface area contributed by atoms with Gasteiger partial charge in [-0.15, -0.1) is 0 Å². The molecule has 19 heavy (non-hydrogen) atoms. The van der Waals surface area contributed by atoms with Crippen molar-refractivity contribution in [3.05, 3.63) is 59.7 Å². The highest BCUT2D eigenvalue weighted by molar-refractivity contribution is 5.26. The zero-order valence-corrected chi connectivity index (χ0v) is 11.8. The summed E-state index contributed by atoms with van der Waals surface area (Å²) in [5.41, 5.74) is 3.64. The largest absolute Gasteiger partial charge is 0.305 e. The van der Waals surface area contributed by atoms with Crippen LogP contribution >= 0.6 is 0 Å². The fourth-order valence-electron chi connectivity index (χ4n) is 1.97. The van der Waals surface area contributed by atoms with Crippen molar-refractivity contribution in [3.63, 3.8) is 0 Å². The number of hydrogen-bond donors (Lipinski definition) is 1. The highest BCUT2D eigenvalue weighted by Crippen LogP contribution is 2.18. The molecule has 0 saturated heterocycles. The Hall–Kier alpha value is -1.74. The first kappa shape index (κ1) is 13.7. The lowest BCUT2D eigenvalue weighted by Crippen LogP contribution is -2.18. The fraction of sp³-hybridized carbons (Fsp3) is 0.375.